The number of anilines is 1. The molecule has 156 valence electrons. The van der Waals surface area contributed by atoms with Gasteiger partial charge in [0.15, 0.2) is 11.5 Å². The molecule has 2 aromatic rings. The van der Waals surface area contributed by atoms with Crippen molar-refractivity contribution >= 4 is 63.5 Å². The zero-order chi connectivity index (χ0) is 21.1. The summed E-state index contributed by atoms with van der Waals surface area (Å²) in [5.74, 6) is -0.262. The Balaban J connectivity index is 2.00. The van der Waals surface area contributed by atoms with E-state index in [2.05, 4.69) is 9.97 Å². The van der Waals surface area contributed by atoms with E-state index in [1.165, 1.54) is 0 Å². The molecule has 0 unspecified atom stereocenters. The largest absolute Gasteiger partial charge is 0.461 e. The van der Waals surface area contributed by atoms with Gasteiger partial charge in [0.25, 0.3) is 0 Å². The average Bonchev–Trinajstić information content (AvgIpc) is 2.93. The van der Waals surface area contributed by atoms with E-state index in [4.69, 9.17) is 39.5 Å². The second-order valence-electron chi connectivity index (χ2n) is 6.65. The quantitative estimate of drug-likeness (QED) is 0.512. The fourth-order valence-corrected chi connectivity index (χ4v) is 3.65. The molecule has 0 bridgehead atoms. The molecule has 3 rings (SSSR count). The highest BCUT2D eigenvalue weighted by molar-refractivity contribution is 6.42. The van der Waals surface area contributed by atoms with Crippen LogP contribution in [0.2, 0.25) is 10.0 Å². The lowest BCUT2D eigenvalue weighted by atomic mass is 10.2. The lowest BCUT2D eigenvalue weighted by Gasteiger charge is -2.24. The number of alkyl halides is 1. The molecule has 29 heavy (non-hydrogen) atoms. The third-order valence-corrected chi connectivity index (χ3v) is 5.51. The van der Waals surface area contributed by atoms with Crippen molar-refractivity contribution in [2.45, 2.75) is 25.6 Å². The number of amides is 1. The summed E-state index contributed by atoms with van der Waals surface area (Å²) in [4.78, 5) is 37.6. The van der Waals surface area contributed by atoms with Crippen LogP contribution in [0, 0.1) is 0 Å². The molecule has 0 radical (unpaired) electrons. The molecule has 1 aromatic carbocycles. The maximum atomic E-state index is 12.6. The number of carbonyl (C=O) groups excluding carboxylic acids is 2. The Bertz CT molecular complexity index is 939. The van der Waals surface area contributed by atoms with E-state index in [-0.39, 0.29) is 18.2 Å². The Morgan fingerprint density at radius 2 is 1.76 bits per heavy atom. The van der Waals surface area contributed by atoms with Gasteiger partial charge in [-0.3, -0.25) is 4.79 Å². The molecule has 1 aliphatic heterocycles. The van der Waals surface area contributed by atoms with E-state index < -0.39 is 11.3 Å². The molecule has 1 fully saturated rings. The van der Waals surface area contributed by atoms with Crippen LogP contribution in [0.4, 0.5) is 5.82 Å². The Hall–Kier alpha value is -1.83. The molecule has 1 saturated heterocycles. The number of ether oxygens (including phenoxy) is 1. The maximum absolute atomic E-state index is 12.6. The first-order valence-electron chi connectivity index (χ1n) is 9.33. The topological polar surface area (TPSA) is 75.6 Å². The summed E-state index contributed by atoms with van der Waals surface area (Å²) >= 11 is 18.2. The molecular formula is C19H21Cl3N4O3. The van der Waals surface area contributed by atoms with Gasteiger partial charge in [0.2, 0.25) is 5.91 Å². The molecular weight excluding hydrogens is 439 g/mol. The van der Waals surface area contributed by atoms with Crippen molar-refractivity contribution in [1.82, 2.24) is 14.9 Å². The van der Waals surface area contributed by atoms with Gasteiger partial charge in [-0.15, -0.1) is 11.6 Å². The average molecular weight is 460 g/mol. The summed E-state index contributed by atoms with van der Waals surface area (Å²) in [6.45, 7) is 5.76. The SMILES string of the molecule is CCOC(=O)c1nc2cc(Cl)c(Cl)cc2nc1N1CCCN(C(=O)[C@H](C)Cl)CC1. The number of hydrogen-bond acceptors (Lipinski definition) is 6. The van der Waals surface area contributed by atoms with Gasteiger partial charge in [-0.25, -0.2) is 14.8 Å². The normalized spacial score (nSPS) is 15.9. The van der Waals surface area contributed by atoms with Crippen LogP contribution in [-0.4, -0.2) is 64.9 Å². The minimum atomic E-state index is -0.580. The molecule has 7 nitrogen and oxygen atoms in total. The van der Waals surface area contributed by atoms with Gasteiger partial charge in [-0.2, -0.15) is 0 Å². The summed E-state index contributed by atoms with van der Waals surface area (Å²) in [5.41, 5.74) is 1.09. The van der Waals surface area contributed by atoms with Crippen molar-refractivity contribution < 1.29 is 14.3 Å². The van der Waals surface area contributed by atoms with E-state index >= 15 is 0 Å². The van der Waals surface area contributed by atoms with Crippen molar-refractivity contribution in [3.05, 3.63) is 27.9 Å². The van der Waals surface area contributed by atoms with E-state index in [9.17, 15) is 9.59 Å². The van der Waals surface area contributed by atoms with E-state index in [0.29, 0.717) is 59.5 Å². The Labute approximate surface area is 183 Å². The number of rotatable bonds is 4. The first-order valence-corrected chi connectivity index (χ1v) is 10.5. The number of benzene rings is 1. The fourth-order valence-electron chi connectivity index (χ4n) is 3.20. The summed E-state index contributed by atoms with van der Waals surface area (Å²) in [5, 5.41) is 0.103. The fraction of sp³-hybridized carbons (Fsp3) is 0.474. The van der Waals surface area contributed by atoms with E-state index in [1.807, 2.05) is 4.90 Å². The lowest BCUT2D eigenvalue weighted by molar-refractivity contribution is -0.130. The first kappa shape index (κ1) is 21.9. The predicted octanol–water partition coefficient (Wildman–Crippen LogP) is 3.78. The summed E-state index contributed by atoms with van der Waals surface area (Å²) in [6, 6.07) is 3.19. The zero-order valence-corrected chi connectivity index (χ0v) is 18.4. The molecule has 1 aliphatic rings. The predicted molar refractivity (Wildman–Crippen MR) is 114 cm³/mol. The van der Waals surface area contributed by atoms with Crippen molar-refractivity contribution in [3.63, 3.8) is 0 Å². The van der Waals surface area contributed by atoms with Gasteiger partial charge in [0, 0.05) is 26.2 Å². The number of carbonyl (C=O) groups is 2. The number of esters is 1. The highest BCUT2D eigenvalue weighted by atomic mass is 35.5. The van der Waals surface area contributed by atoms with Gasteiger partial charge < -0.3 is 14.5 Å². The number of nitrogens with zero attached hydrogens (tertiary/aromatic N) is 4. The minimum Gasteiger partial charge on any atom is -0.461 e. The van der Waals surface area contributed by atoms with Crippen molar-refractivity contribution in [1.29, 1.82) is 0 Å². The van der Waals surface area contributed by atoms with Crippen LogP contribution in [0.5, 0.6) is 0 Å². The lowest BCUT2D eigenvalue weighted by Crippen LogP contribution is -2.39. The number of fused-ring (bicyclic) bond motifs is 1. The molecule has 0 aliphatic carbocycles. The first-order chi connectivity index (χ1) is 13.8. The van der Waals surface area contributed by atoms with Crippen LogP contribution in [0.3, 0.4) is 0 Å². The Morgan fingerprint density at radius 3 is 2.38 bits per heavy atom. The van der Waals surface area contributed by atoms with Crippen LogP contribution in [0.25, 0.3) is 11.0 Å². The van der Waals surface area contributed by atoms with Crippen LogP contribution in [-0.2, 0) is 9.53 Å². The molecule has 2 heterocycles. The standard InChI is InChI=1S/C19H21Cl3N4O3/c1-3-29-19(28)16-17(24-15-10-13(22)12(21)9-14(15)23-16)25-5-4-6-26(8-7-25)18(27)11(2)20/h9-11H,3-8H2,1-2H3/t11-/m0/s1. The maximum Gasteiger partial charge on any atom is 0.360 e. The summed E-state index contributed by atoms with van der Waals surface area (Å²) in [7, 11) is 0. The highest BCUT2D eigenvalue weighted by Crippen LogP contribution is 2.29. The second kappa shape index (κ2) is 9.32. The molecule has 1 atom stereocenters. The third-order valence-electron chi connectivity index (χ3n) is 4.60. The van der Waals surface area contributed by atoms with Crippen molar-refractivity contribution in [3.8, 4) is 0 Å². The van der Waals surface area contributed by atoms with Gasteiger partial charge >= 0.3 is 5.97 Å². The van der Waals surface area contributed by atoms with Gasteiger partial charge in [-0.05, 0) is 32.4 Å². The van der Waals surface area contributed by atoms with Gasteiger partial charge in [-0.1, -0.05) is 23.2 Å². The number of halogens is 3. The zero-order valence-electron chi connectivity index (χ0n) is 16.1. The monoisotopic (exact) mass is 458 g/mol. The van der Waals surface area contributed by atoms with Gasteiger partial charge in [0.1, 0.15) is 5.38 Å². The molecule has 0 spiro atoms. The Morgan fingerprint density at radius 1 is 1.10 bits per heavy atom. The molecule has 1 aromatic heterocycles. The summed E-state index contributed by atoms with van der Waals surface area (Å²) in [6.07, 6.45) is 0.707. The van der Waals surface area contributed by atoms with Crippen molar-refractivity contribution in [2.24, 2.45) is 0 Å². The number of aromatic nitrogens is 2. The van der Waals surface area contributed by atoms with Crippen LogP contribution < -0.4 is 4.90 Å². The molecule has 0 saturated carbocycles. The number of hydrogen-bond donors (Lipinski definition) is 0. The smallest absolute Gasteiger partial charge is 0.360 e. The molecule has 1 amide bonds. The molecule has 10 heteroatoms. The van der Waals surface area contributed by atoms with Crippen LogP contribution in [0.15, 0.2) is 12.1 Å². The molecule has 0 N–H and O–H groups in total. The van der Waals surface area contributed by atoms with E-state index in [0.717, 1.165) is 0 Å². The Kier molecular flexibility index (Phi) is 7.03. The van der Waals surface area contributed by atoms with Crippen LogP contribution in [0.1, 0.15) is 30.8 Å². The second-order valence-corrected chi connectivity index (χ2v) is 8.12. The summed E-state index contributed by atoms with van der Waals surface area (Å²) < 4.78 is 5.18. The third kappa shape index (κ3) is 4.85. The van der Waals surface area contributed by atoms with Gasteiger partial charge in [0.05, 0.1) is 27.7 Å². The highest BCUT2D eigenvalue weighted by Gasteiger charge is 2.27. The van der Waals surface area contributed by atoms with Crippen molar-refractivity contribution in [2.75, 3.05) is 37.7 Å². The van der Waals surface area contributed by atoms with E-state index in [1.54, 1.807) is 30.9 Å². The minimum absolute atomic E-state index is 0.106. The van der Waals surface area contributed by atoms with Crippen LogP contribution >= 0.6 is 34.8 Å².